The summed E-state index contributed by atoms with van der Waals surface area (Å²) in [5.74, 6) is -1.46. The molecular formula is C25H28BrFN4O6S. The van der Waals surface area contributed by atoms with Crippen LogP contribution in [0.2, 0.25) is 0 Å². The van der Waals surface area contributed by atoms with Crippen LogP contribution in [0.25, 0.3) is 0 Å². The van der Waals surface area contributed by atoms with Crippen molar-refractivity contribution in [1.29, 1.82) is 0 Å². The van der Waals surface area contributed by atoms with Gasteiger partial charge in [0.2, 0.25) is 0 Å². The van der Waals surface area contributed by atoms with Crippen molar-refractivity contribution >= 4 is 45.0 Å². The Kier molecular flexibility index (Phi) is 9.60. The van der Waals surface area contributed by atoms with Crippen LogP contribution >= 0.6 is 27.3 Å². The summed E-state index contributed by atoms with van der Waals surface area (Å²) >= 11 is 4.72. The van der Waals surface area contributed by atoms with Crippen LogP contribution in [0.1, 0.15) is 42.1 Å². The van der Waals surface area contributed by atoms with Gasteiger partial charge < -0.3 is 25.0 Å². The molecule has 13 heteroatoms. The maximum atomic E-state index is 13.9. The molecule has 38 heavy (non-hydrogen) atoms. The van der Waals surface area contributed by atoms with Crippen molar-refractivity contribution in [2.45, 2.75) is 38.5 Å². The van der Waals surface area contributed by atoms with Crippen LogP contribution < -0.4 is 5.32 Å². The highest BCUT2D eigenvalue weighted by molar-refractivity contribution is 9.10. The summed E-state index contributed by atoms with van der Waals surface area (Å²) in [5, 5.41) is 24.1. The molecule has 2 aliphatic rings. The number of carbonyl (C=O) groups is 2. The number of aliphatic hydroxyl groups is 1. The Morgan fingerprint density at radius 3 is 2.89 bits per heavy atom. The highest BCUT2D eigenvalue weighted by atomic mass is 79.9. The Bertz CT molecular complexity index is 1250. The lowest BCUT2D eigenvalue weighted by molar-refractivity contribution is -0.139. The van der Waals surface area contributed by atoms with E-state index in [1.165, 1.54) is 23.5 Å². The van der Waals surface area contributed by atoms with Gasteiger partial charge in [-0.05, 0) is 31.0 Å². The van der Waals surface area contributed by atoms with Gasteiger partial charge in [-0.3, -0.25) is 14.7 Å². The number of carbonyl (C=O) groups excluding carboxylic acids is 1. The molecule has 3 N–H and O–H groups in total. The molecule has 1 aromatic heterocycles. The van der Waals surface area contributed by atoms with Crippen molar-refractivity contribution in [3.63, 3.8) is 0 Å². The molecule has 4 rings (SSSR count). The SMILES string of the molecule is CCOC(=O)C1=C(CN2CCO[C@H](CCC(=O)O)C2)NC(c2nc(CO)cs2)=N[C@H]1c1ccc(F)cc1Br. The summed E-state index contributed by atoms with van der Waals surface area (Å²) in [7, 11) is 0. The molecule has 1 saturated heterocycles. The number of hydrogen-bond donors (Lipinski definition) is 3. The molecule has 0 aliphatic carbocycles. The zero-order valence-corrected chi connectivity index (χ0v) is 23.1. The zero-order chi connectivity index (χ0) is 27.2. The fraction of sp³-hybridized carbons (Fsp3) is 0.440. The van der Waals surface area contributed by atoms with Crippen LogP contribution in [0.3, 0.4) is 0 Å². The number of morpholine rings is 1. The molecule has 0 bridgehead atoms. The summed E-state index contributed by atoms with van der Waals surface area (Å²) in [4.78, 5) is 35.7. The number of carboxylic acid groups (broad SMARTS) is 1. The van der Waals surface area contributed by atoms with Crippen LogP contribution in [-0.2, 0) is 25.7 Å². The molecule has 0 unspecified atom stereocenters. The number of hydrogen-bond acceptors (Lipinski definition) is 10. The molecule has 0 amide bonds. The van der Waals surface area contributed by atoms with Gasteiger partial charge in [0.05, 0.1) is 37.2 Å². The third kappa shape index (κ3) is 6.83. The van der Waals surface area contributed by atoms with Gasteiger partial charge in [0.15, 0.2) is 10.8 Å². The van der Waals surface area contributed by atoms with E-state index in [2.05, 4.69) is 31.1 Å². The number of rotatable bonds is 10. The number of halogens is 2. The summed E-state index contributed by atoms with van der Waals surface area (Å²) in [6.07, 6.45) is 0.128. The van der Waals surface area contributed by atoms with Crippen molar-refractivity contribution < 1.29 is 33.7 Å². The number of aliphatic carboxylic acids is 1. The van der Waals surface area contributed by atoms with E-state index in [9.17, 15) is 19.1 Å². The molecule has 204 valence electrons. The number of aliphatic imine (C=N–C) groups is 1. The third-order valence-electron chi connectivity index (χ3n) is 6.08. The lowest BCUT2D eigenvalue weighted by Gasteiger charge is -2.35. The van der Waals surface area contributed by atoms with E-state index in [0.717, 1.165) is 0 Å². The van der Waals surface area contributed by atoms with Gasteiger partial charge in [0.25, 0.3) is 0 Å². The number of aromatic nitrogens is 1. The maximum Gasteiger partial charge on any atom is 0.338 e. The van der Waals surface area contributed by atoms with E-state index < -0.39 is 23.8 Å². The van der Waals surface area contributed by atoms with Gasteiger partial charge in [0.1, 0.15) is 11.9 Å². The Morgan fingerprint density at radius 2 is 2.21 bits per heavy atom. The Balaban J connectivity index is 1.74. The van der Waals surface area contributed by atoms with Gasteiger partial charge >= 0.3 is 11.9 Å². The van der Waals surface area contributed by atoms with E-state index in [0.29, 0.717) is 64.9 Å². The minimum atomic E-state index is -0.883. The molecule has 3 heterocycles. The van der Waals surface area contributed by atoms with Gasteiger partial charge in [-0.1, -0.05) is 22.0 Å². The van der Waals surface area contributed by atoms with Crippen LogP contribution in [0.5, 0.6) is 0 Å². The predicted octanol–water partition coefficient (Wildman–Crippen LogP) is 3.01. The number of nitrogens with zero attached hydrogens (tertiary/aromatic N) is 3. The van der Waals surface area contributed by atoms with Crippen LogP contribution in [0.15, 0.2) is 44.3 Å². The van der Waals surface area contributed by atoms with E-state index in [-0.39, 0.29) is 31.3 Å². The summed E-state index contributed by atoms with van der Waals surface area (Å²) in [6, 6.07) is 3.38. The normalized spacial score (nSPS) is 20.2. The number of aliphatic hydroxyl groups excluding tert-OH is 1. The molecule has 10 nitrogen and oxygen atoms in total. The number of amidine groups is 1. The van der Waals surface area contributed by atoms with Crippen molar-refractivity contribution in [3.8, 4) is 0 Å². The van der Waals surface area contributed by atoms with Crippen LogP contribution in [0.4, 0.5) is 4.39 Å². The van der Waals surface area contributed by atoms with Gasteiger partial charge in [-0.15, -0.1) is 11.3 Å². The second-order valence-electron chi connectivity index (χ2n) is 8.75. The number of esters is 1. The van der Waals surface area contributed by atoms with Crippen molar-refractivity contribution in [3.05, 3.63) is 61.4 Å². The van der Waals surface area contributed by atoms with Crippen LogP contribution in [0, 0.1) is 5.82 Å². The largest absolute Gasteiger partial charge is 0.481 e. The topological polar surface area (TPSA) is 134 Å². The van der Waals surface area contributed by atoms with E-state index in [4.69, 9.17) is 19.6 Å². The minimum Gasteiger partial charge on any atom is -0.481 e. The molecule has 0 saturated carbocycles. The lowest BCUT2D eigenvalue weighted by Crippen LogP contribution is -2.46. The summed E-state index contributed by atoms with van der Waals surface area (Å²) < 4.78 is 25.6. The van der Waals surface area contributed by atoms with Crippen molar-refractivity contribution in [2.75, 3.05) is 32.8 Å². The Morgan fingerprint density at radius 1 is 1.39 bits per heavy atom. The quantitative estimate of drug-likeness (QED) is 0.347. The second-order valence-corrected chi connectivity index (χ2v) is 10.5. The van der Waals surface area contributed by atoms with Gasteiger partial charge in [-0.25, -0.2) is 14.2 Å². The number of thiazole rings is 1. The molecule has 1 aromatic carbocycles. The fourth-order valence-corrected chi connectivity index (χ4v) is 5.65. The predicted molar refractivity (Wildman–Crippen MR) is 141 cm³/mol. The average molecular weight is 611 g/mol. The fourth-order valence-electron chi connectivity index (χ4n) is 4.32. The minimum absolute atomic E-state index is 0.00222. The number of ether oxygens (including phenoxy) is 2. The molecule has 2 atom stereocenters. The first-order valence-electron chi connectivity index (χ1n) is 12.1. The van der Waals surface area contributed by atoms with Crippen molar-refractivity contribution in [1.82, 2.24) is 15.2 Å². The highest BCUT2D eigenvalue weighted by Crippen LogP contribution is 2.37. The number of nitrogens with one attached hydrogen (secondary N) is 1. The first-order valence-corrected chi connectivity index (χ1v) is 13.8. The summed E-state index contributed by atoms with van der Waals surface area (Å²) in [6.45, 7) is 3.45. The first-order chi connectivity index (χ1) is 18.3. The Labute approximate surface area is 231 Å². The maximum absolute atomic E-state index is 13.9. The van der Waals surface area contributed by atoms with E-state index in [1.807, 2.05) is 0 Å². The molecule has 2 aliphatic heterocycles. The second kappa shape index (κ2) is 12.9. The van der Waals surface area contributed by atoms with Gasteiger partial charge in [0, 0.05) is 41.6 Å². The molecule has 1 fully saturated rings. The van der Waals surface area contributed by atoms with E-state index >= 15 is 0 Å². The van der Waals surface area contributed by atoms with Crippen molar-refractivity contribution in [2.24, 2.45) is 4.99 Å². The first kappa shape index (κ1) is 28.3. The number of benzene rings is 1. The molecule has 2 aromatic rings. The summed E-state index contributed by atoms with van der Waals surface area (Å²) in [5.41, 5.74) is 1.90. The third-order valence-corrected chi connectivity index (χ3v) is 7.66. The Hall–Kier alpha value is -2.71. The zero-order valence-electron chi connectivity index (χ0n) is 20.7. The van der Waals surface area contributed by atoms with Crippen LogP contribution in [-0.4, -0.2) is 76.8 Å². The lowest BCUT2D eigenvalue weighted by atomic mass is 9.95. The standard InChI is InChI=1S/C25H28BrFN4O6S/c1-2-36-25(35)21-19(11-31-7-8-37-16(10-31)4-6-20(33)34)29-23(24-28-15(12-32)13-38-24)30-22(21)17-5-3-14(27)9-18(17)26/h3,5,9,13,16,22,32H,2,4,6-8,10-12H2,1H3,(H,29,30)(H,33,34)/t16-,22+/m1/s1. The molecule has 0 radical (unpaired) electrons. The molecular weight excluding hydrogens is 583 g/mol. The molecule has 0 spiro atoms. The highest BCUT2D eigenvalue weighted by Gasteiger charge is 2.35. The smallest absolute Gasteiger partial charge is 0.338 e. The number of carboxylic acids is 1. The monoisotopic (exact) mass is 610 g/mol. The van der Waals surface area contributed by atoms with Gasteiger partial charge in [-0.2, -0.15) is 0 Å². The average Bonchev–Trinajstić information content (AvgIpc) is 3.37. The van der Waals surface area contributed by atoms with E-state index in [1.54, 1.807) is 18.4 Å².